The van der Waals surface area contributed by atoms with Crippen LogP contribution in [0, 0.1) is 11.4 Å². The smallest absolute Gasteiger partial charge is 0.134 e. The maximum Gasteiger partial charge on any atom is 0.134 e. The molecule has 0 saturated carbocycles. The summed E-state index contributed by atoms with van der Waals surface area (Å²) in [5.41, 5.74) is 2.96. The molecule has 2 rings (SSSR count). The van der Waals surface area contributed by atoms with Gasteiger partial charge in [-0.3, -0.25) is 4.79 Å². The van der Waals surface area contributed by atoms with E-state index in [9.17, 15) is 4.79 Å². The number of hydrogen-bond donors (Lipinski definition) is 1. The summed E-state index contributed by atoms with van der Waals surface area (Å²) in [6.45, 7) is 3.55. The predicted molar refractivity (Wildman–Crippen MR) is 68.3 cm³/mol. The van der Waals surface area contributed by atoms with Crippen LogP contribution in [0.5, 0.6) is 0 Å². The van der Waals surface area contributed by atoms with Gasteiger partial charge < -0.3 is 4.98 Å². The Labute approximate surface area is 99.3 Å². The Kier molecular flexibility index (Phi) is 2.88. The fraction of sp³-hybridized carbons (Fsp3) is 0.231. The van der Waals surface area contributed by atoms with Gasteiger partial charge in [0, 0.05) is 23.0 Å². The molecule has 0 bridgehead atoms. The van der Waals surface area contributed by atoms with E-state index in [-0.39, 0.29) is 5.78 Å². The minimum atomic E-state index is 0.137. The molecule has 0 fully saturated rings. The Morgan fingerprint density at radius 1 is 1.38 bits per heavy atom. The van der Waals surface area contributed by atoms with Crippen LogP contribution in [0.15, 0.2) is 24.3 Å². The zero-order valence-corrected chi connectivity index (χ0v) is 10.1. The van der Waals surface area contributed by atoms with E-state index >= 15 is 0 Å². The zero-order chi connectivity index (χ0) is 11.7. The lowest BCUT2D eigenvalue weighted by molar-refractivity contribution is -0.116. The van der Waals surface area contributed by atoms with Crippen LogP contribution in [0.4, 0.5) is 0 Å². The van der Waals surface area contributed by atoms with Crippen molar-refractivity contribution in [1.29, 1.82) is 0 Å². The second-order valence-electron chi connectivity index (χ2n) is 3.98. The normalized spacial score (nSPS) is 10.6. The molecule has 2 aromatic rings. The van der Waals surface area contributed by atoms with Crippen LogP contribution in [0.1, 0.15) is 18.2 Å². The molecule has 82 valence electrons. The number of aromatic amines is 1. The monoisotopic (exact) mass is 231 g/mol. The van der Waals surface area contributed by atoms with Gasteiger partial charge >= 0.3 is 0 Å². The SMILES string of the molecule is CC(=O)Cc1c(C)[nH]c2ccccc2c1=S. The summed E-state index contributed by atoms with van der Waals surface area (Å²) >= 11 is 5.43. The predicted octanol–water partition coefficient (Wildman–Crippen LogP) is 3.34. The highest BCUT2D eigenvalue weighted by atomic mass is 32.1. The van der Waals surface area contributed by atoms with Gasteiger partial charge in [0.2, 0.25) is 0 Å². The maximum atomic E-state index is 11.2. The fourth-order valence-corrected chi connectivity index (χ4v) is 2.27. The van der Waals surface area contributed by atoms with Crippen molar-refractivity contribution < 1.29 is 4.79 Å². The number of para-hydroxylation sites is 1. The van der Waals surface area contributed by atoms with Crippen LogP contribution in [0.25, 0.3) is 10.9 Å². The average molecular weight is 231 g/mol. The van der Waals surface area contributed by atoms with Crippen molar-refractivity contribution in [2.75, 3.05) is 0 Å². The average Bonchev–Trinajstić information content (AvgIpc) is 2.24. The van der Waals surface area contributed by atoms with Crippen LogP contribution in [-0.4, -0.2) is 10.8 Å². The summed E-state index contributed by atoms with van der Waals surface area (Å²) in [5.74, 6) is 0.137. The van der Waals surface area contributed by atoms with E-state index in [1.807, 2.05) is 31.2 Å². The molecule has 3 heteroatoms. The number of rotatable bonds is 2. The van der Waals surface area contributed by atoms with Gasteiger partial charge in [-0.1, -0.05) is 30.4 Å². The molecule has 0 atom stereocenters. The zero-order valence-electron chi connectivity index (χ0n) is 9.33. The number of H-pyrrole nitrogens is 1. The maximum absolute atomic E-state index is 11.2. The molecule has 0 aliphatic rings. The summed E-state index contributed by atoms with van der Waals surface area (Å²) in [6.07, 6.45) is 0.409. The van der Waals surface area contributed by atoms with Gasteiger partial charge in [-0.05, 0) is 25.5 Å². The van der Waals surface area contributed by atoms with Gasteiger partial charge in [-0.25, -0.2) is 0 Å². The van der Waals surface area contributed by atoms with Crippen molar-refractivity contribution in [2.24, 2.45) is 0 Å². The van der Waals surface area contributed by atoms with E-state index < -0.39 is 0 Å². The van der Waals surface area contributed by atoms with Crippen LogP contribution >= 0.6 is 12.2 Å². The number of ketones is 1. The minimum absolute atomic E-state index is 0.137. The number of fused-ring (bicyclic) bond motifs is 1. The Morgan fingerprint density at radius 2 is 2.06 bits per heavy atom. The van der Waals surface area contributed by atoms with Crippen molar-refractivity contribution in [3.8, 4) is 0 Å². The van der Waals surface area contributed by atoms with Gasteiger partial charge in [0.15, 0.2) is 0 Å². The molecule has 1 N–H and O–H groups in total. The quantitative estimate of drug-likeness (QED) is 0.804. The highest BCUT2D eigenvalue weighted by Crippen LogP contribution is 2.19. The van der Waals surface area contributed by atoms with Gasteiger partial charge in [0.25, 0.3) is 0 Å². The molecule has 16 heavy (non-hydrogen) atoms. The minimum Gasteiger partial charge on any atom is -0.358 e. The summed E-state index contributed by atoms with van der Waals surface area (Å²) in [5, 5.41) is 1.01. The number of benzene rings is 1. The van der Waals surface area contributed by atoms with E-state index in [1.54, 1.807) is 6.92 Å². The molecule has 0 amide bonds. The van der Waals surface area contributed by atoms with Gasteiger partial charge in [-0.2, -0.15) is 0 Å². The Hall–Kier alpha value is -1.48. The number of nitrogens with one attached hydrogen (secondary N) is 1. The number of hydrogen-bond acceptors (Lipinski definition) is 2. The van der Waals surface area contributed by atoms with Crippen molar-refractivity contribution in [3.63, 3.8) is 0 Å². The van der Waals surface area contributed by atoms with Crippen LogP contribution < -0.4 is 0 Å². The van der Waals surface area contributed by atoms with E-state index in [4.69, 9.17) is 12.2 Å². The number of pyridine rings is 1. The van der Waals surface area contributed by atoms with Crippen molar-refractivity contribution in [2.45, 2.75) is 20.3 Å². The first kappa shape index (κ1) is 11.0. The lowest BCUT2D eigenvalue weighted by Gasteiger charge is -2.07. The Balaban J connectivity index is 2.76. The molecule has 1 heterocycles. The van der Waals surface area contributed by atoms with E-state index in [0.29, 0.717) is 6.42 Å². The molecule has 2 nitrogen and oxygen atoms in total. The molecule has 0 saturated heterocycles. The number of carbonyl (C=O) groups excluding carboxylic acids is 1. The number of carbonyl (C=O) groups is 1. The first-order valence-electron chi connectivity index (χ1n) is 5.19. The molecular weight excluding hydrogens is 218 g/mol. The van der Waals surface area contributed by atoms with Crippen molar-refractivity contribution >= 4 is 28.9 Å². The second kappa shape index (κ2) is 4.18. The highest BCUT2D eigenvalue weighted by molar-refractivity contribution is 7.71. The number of aromatic nitrogens is 1. The lowest BCUT2D eigenvalue weighted by Crippen LogP contribution is -2.02. The third-order valence-corrected chi connectivity index (χ3v) is 3.11. The number of Topliss-reactive ketones (excluding diaryl/α,β-unsaturated/α-hetero) is 1. The highest BCUT2D eigenvalue weighted by Gasteiger charge is 2.07. The van der Waals surface area contributed by atoms with Crippen LogP contribution in [0.2, 0.25) is 0 Å². The van der Waals surface area contributed by atoms with E-state index in [0.717, 1.165) is 26.7 Å². The molecule has 0 spiro atoms. The molecule has 0 radical (unpaired) electrons. The summed E-state index contributed by atoms with van der Waals surface area (Å²) in [4.78, 5) is 14.5. The molecule has 0 aliphatic heterocycles. The van der Waals surface area contributed by atoms with Crippen LogP contribution in [-0.2, 0) is 11.2 Å². The topological polar surface area (TPSA) is 32.9 Å². The molecule has 0 unspecified atom stereocenters. The van der Waals surface area contributed by atoms with Gasteiger partial charge in [-0.15, -0.1) is 0 Å². The molecule has 1 aromatic carbocycles. The largest absolute Gasteiger partial charge is 0.358 e. The first-order chi connectivity index (χ1) is 7.59. The van der Waals surface area contributed by atoms with E-state index in [2.05, 4.69) is 4.98 Å². The van der Waals surface area contributed by atoms with Gasteiger partial charge in [0.05, 0.1) is 4.51 Å². The summed E-state index contributed by atoms with van der Waals surface area (Å²) in [7, 11) is 0. The number of aryl methyl sites for hydroxylation is 1. The van der Waals surface area contributed by atoms with Crippen LogP contribution in [0.3, 0.4) is 0 Å². The molecule has 0 aliphatic carbocycles. The fourth-order valence-electron chi connectivity index (χ4n) is 1.86. The molecule has 1 aromatic heterocycles. The third-order valence-electron chi connectivity index (χ3n) is 2.65. The summed E-state index contributed by atoms with van der Waals surface area (Å²) in [6, 6.07) is 7.91. The third kappa shape index (κ3) is 1.91. The van der Waals surface area contributed by atoms with Gasteiger partial charge in [0.1, 0.15) is 5.78 Å². The first-order valence-corrected chi connectivity index (χ1v) is 5.60. The van der Waals surface area contributed by atoms with Crippen molar-refractivity contribution in [3.05, 3.63) is 40.0 Å². The Morgan fingerprint density at radius 3 is 2.75 bits per heavy atom. The standard InChI is InChI=1S/C13H13NOS/c1-8(15)7-11-9(2)14-12-6-4-3-5-10(12)13(11)16/h3-6H,7H2,1-2H3,(H,14,16). The second-order valence-corrected chi connectivity index (χ2v) is 4.39. The molecular formula is C13H13NOS. The van der Waals surface area contributed by atoms with E-state index in [1.165, 1.54) is 0 Å². The lowest BCUT2D eigenvalue weighted by atomic mass is 10.1. The summed E-state index contributed by atoms with van der Waals surface area (Å²) < 4.78 is 0.794. The Bertz CT molecular complexity index is 613. The van der Waals surface area contributed by atoms with Crippen molar-refractivity contribution in [1.82, 2.24) is 4.98 Å².